The average molecular weight is 492 g/mol. The van der Waals surface area contributed by atoms with Gasteiger partial charge in [-0.15, -0.1) is 0 Å². The molecule has 0 bridgehead atoms. The summed E-state index contributed by atoms with van der Waals surface area (Å²) in [6.07, 6.45) is 3.41. The molecule has 0 saturated carbocycles. The van der Waals surface area contributed by atoms with Gasteiger partial charge in [0.05, 0.1) is 11.0 Å². The Labute approximate surface area is 212 Å². The summed E-state index contributed by atoms with van der Waals surface area (Å²) >= 11 is 0. The molecule has 1 saturated heterocycles. The Morgan fingerprint density at radius 2 is 1.92 bits per heavy atom. The number of para-hydroxylation sites is 1. The van der Waals surface area contributed by atoms with Crippen molar-refractivity contribution in [2.45, 2.75) is 51.1 Å². The van der Waals surface area contributed by atoms with E-state index in [0.717, 1.165) is 22.0 Å². The number of H-pyrrole nitrogens is 1. The van der Waals surface area contributed by atoms with Crippen LogP contribution in [0.4, 0.5) is 0 Å². The van der Waals surface area contributed by atoms with Crippen molar-refractivity contribution in [1.29, 1.82) is 0 Å². The van der Waals surface area contributed by atoms with Gasteiger partial charge in [0.1, 0.15) is 7.45 Å². The first-order valence-corrected chi connectivity index (χ1v) is 12.3. The van der Waals surface area contributed by atoms with E-state index in [2.05, 4.69) is 16.0 Å². The maximum Gasteiger partial charge on any atom is 0.311 e. The van der Waals surface area contributed by atoms with Gasteiger partial charge in [-0.2, -0.15) is 0 Å². The van der Waals surface area contributed by atoms with E-state index in [1.807, 2.05) is 60.8 Å². The number of fused-ring (bicyclic) bond motifs is 1. The van der Waals surface area contributed by atoms with Gasteiger partial charge >= 0.3 is 5.97 Å². The average Bonchev–Trinajstić information content (AvgIpc) is 3.31. The molecule has 8 nitrogen and oxygen atoms in total. The molecule has 1 aliphatic heterocycles. The molecule has 1 fully saturated rings. The Kier molecular flexibility index (Phi) is 6.78. The zero-order valence-corrected chi connectivity index (χ0v) is 20.7. The number of carbonyl (C=O) groups is 3. The smallest absolute Gasteiger partial charge is 0.311 e. The summed E-state index contributed by atoms with van der Waals surface area (Å²) in [5.41, 5.74) is 2.63. The topological polar surface area (TPSA) is 129 Å². The molecule has 190 valence electrons. The Hall–Kier alpha value is -3.65. The number of aromatic nitrogens is 1. The molecule has 36 heavy (non-hydrogen) atoms. The van der Waals surface area contributed by atoms with Crippen molar-refractivity contribution in [3.8, 4) is 0 Å². The molecular formula is C28H34N4O4. The van der Waals surface area contributed by atoms with Gasteiger partial charge in [0, 0.05) is 36.6 Å². The normalized spacial score (nSPS) is 19.5. The molecule has 1 unspecified atom stereocenters. The number of aromatic amines is 1. The number of hydrogen-bond acceptors (Lipinski definition) is 4. The minimum atomic E-state index is -1.21. The highest BCUT2D eigenvalue weighted by Gasteiger charge is 2.45. The molecule has 8 heteroatoms. The zero-order chi connectivity index (χ0) is 26.6. The molecular weight excluding hydrogens is 456 g/mol. The number of amides is 2. The van der Waals surface area contributed by atoms with E-state index in [9.17, 15) is 19.5 Å². The number of carbonyl (C=O) groups excluding carboxylic acids is 2. The molecule has 2 heterocycles. The Bertz CT molecular complexity index is 1280. The summed E-state index contributed by atoms with van der Waals surface area (Å²) in [6.45, 7) is 3.62. The van der Waals surface area contributed by atoms with Crippen LogP contribution in [0.5, 0.6) is 0 Å². The quantitative estimate of drug-likeness (QED) is 0.366. The molecule has 0 aliphatic carbocycles. The summed E-state index contributed by atoms with van der Waals surface area (Å²) in [4.78, 5) is 44.2. The van der Waals surface area contributed by atoms with Crippen molar-refractivity contribution in [3.63, 3.8) is 0 Å². The summed E-state index contributed by atoms with van der Waals surface area (Å²) in [5.74, 6) is -1.73. The minimum Gasteiger partial charge on any atom is -0.481 e. The predicted molar refractivity (Wildman–Crippen MR) is 138 cm³/mol. The second kappa shape index (κ2) is 10.1. The van der Waals surface area contributed by atoms with Gasteiger partial charge in [0.15, 0.2) is 0 Å². The van der Waals surface area contributed by atoms with Crippen LogP contribution in [-0.4, -0.2) is 57.4 Å². The number of piperidine rings is 1. The number of aliphatic carboxylic acids is 1. The van der Waals surface area contributed by atoms with Crippen molar-refractivity contribution in [2.24, 2.45) is 11.1 Å². The highest BCUT2D eigenvalue weighted by atomic mass is 16.4. The third-order valence-electron chi connectivity index (χ3n) is 7.00. The van der Waals surface area contributed by atoms with Gasteiger partial charge in [-0.05, 0) is 50.3 Å². The van der Waals surface area contributed by atoms with Crippen molar-refractivity contribution >= 4 is 28.7 Å². The first kappa shape index (κ1) is 24.1. The van der Waals surface area contributed by atoms with Gasteiger partial charge < -0.3 is 26.0 Å². The fraction of sp³-hybridized carbons (Fsp3) is 0.393. The SMILES string of the molecule is [2H]NC(C)(C)C(=O)N[C@@H](Cc1c[nH]c2ccccc12)C(=O)N1CCCC(Cc2ccccc2)(C(=O)O)C1. The van der Waals surface area contributed by atoms with E-state index in [0.29, 0.717) is 25.8 Å². The van der Waals surface area contributed by atoms with Gasteiger partial charge in [0.2, 0.25) is 11.8 Å². The molecule has 1 aromatic heterocycles. The van der Waals surface area contributed by atoms with Crippen LogP contribution < -0.4 is 11.0 Å². The zero-order valence-electron chi connectivity index (χ0n) is 21.7. The lowest BCUT2D eigenvalue weighted by atomic mass is 9.75. The van der Waals surface area contributed by atoms with Crippen LogP contribution in [0.3, 0.4) is 0 Å². The third-order valence-corrected chi connectivity index (χ3v) is 7.00. The fourth-order valence-corrected chi connectivity index (χ4v) is 4.98. The van der Waals surface area contributed by atoms with E-state index in [-0.39, 0.29) is 18.9 Å². The molecule has 0 spiro atoms. The number of carboxylic acid groups (broad SMARTS) is 1. The third kappa shape index (κ3) is 5.44. The number of nitrogens with zero attached hydrogens (tertiary/aromatic N) is 1. The van der Waals surface area contributed by atoms with Gasteiger partial charge in [-0.25, -0.2) is 0 Å². The highest BCUT2D eigenvalue weighted by Crippen LogP contribution is 2.35. The number of rotatable bonds is 9. The summed E-state index contributed by atoms with van der Waals surface area (Å²) in [6, 6.07) is 16.3. The minimum absolute atomic E-state index is 0.0659. The maximum absolute atomic E-state index is 13.9. The van der Waals surface area contributed by atoms with Crippen molar-refractivity contribution in [1.82, 2.24) is 15.2 Å². The molecule has 2 amide bonds. The van der Waals surface area contributed by atoms with Crippen molar-refractivity contribution in [3.05, 3.63) is 71.9 Å². The molecule has 3 aromatic rings. The molecule has 4 rings (SSSR count). The summed E-state index contributed by atoms with van der Waals surface area (Å²) in [7, 11) is 0. The van der Waals surface area contributed by atoms with E-state index >= 15 is 0 Å². The van der Waals surface area contributed by atoms with Crippen LogP contribution in [0.1, 0.15) is 37.8 Å². The van der Waals surface area contributed by atoms with Crippen molar-refractivity contribution in [2.75, 3.05) is 13.1 Å². The lowest BCUT2D eigenvalue weighted by Gasteiger charge is -2.41. The first-order valence-electron chi connectivity index (χ1n) is 12.8. The van der Waals surface area contributed by atoms with Crippen LogP contribution in [0, 0.1) is 5.41 Å². The Balaban J connectivity index is 1.62. The number of nitrogens with one attached hydrogen (secondary N) is 2. The first-order chi connectivity index (χ1) is 17.6. The van der Waals surface area contributed by atoms with Gasteiger partial charge in [0.25, 0.3) is 0 Å². The van der Waals surface area contributed by atoms with Crippen LogP contribution >= 0.6 is 0 Å². The predicted octanol–water partition coefficient (Wildman–Crippen LogP) is 2.87. The molecule has 2 atom stereocenters. The van der Waals surface area contributed by atoms with E-state index < -0.39 is 28.9 Å². The van der Waals surface area contributed by atoms with Crippen LogP contribution in [-0.2, 0) is 27.2 Å². The van der Waals surface area contributed by atoms with E-state index in [1.54, 1.807) is 18.7 Å². The number of nitrogens with two attached hydrogens (primary N) is 1. The van der Waals surface area contributed by atoms with Gasteiger partial charge in [-0.3, -0.25) is 14.4 Å². The van der Waals surface area contributed by atoms with E-state index in [1.165, 1.54) is 0 Å². The van der Waals surface area contributed by atoms with Crippen LogP contribution in [0.15, 0.2) is 60.8 Å². The van der Waals surface area contributed by atoms with E-state index in [4.69, 9.17) is 1.41 Å². The molecule has 5 N–H and O–H groups in total. The second-order valence-electron chi connectivity index (χ2n) is 10.3. The van der Waals surface area contributed by atoms with Crippen LogP contribution in [0.25, 0.3) is 10.9 Å². The summed E-state index contributed by atoms with van der Waals surface area (Å²) < 4.78 is 7.52. The largest absolute Gasteiger partial charge is 0.481 e. The second-order valence-corrected chi connectivity index (χ2v) is 10.3. The molecule has 0 radical (unpaired) electrons. The molecule has 1 aliphatic rings. The number of carboxylic acids is 1. The fourth-order valence-electron chi connectivity index (χ4n) is 4.98. The monoisotopic (exact) mass is 491 g/mol. The summed E-state index contributed by atoms with van der Waals surface area (Å²) in [5, 5.41) is 14.1. The standard InChI is InChI=1S/C28H34N4O4/c1-27(2,29)25(34)31-23(15-20-17-30-22-12-7-6-11-21(20)22)24(33)32-14-8-13-28(18-32,26(35)36)16-19-9-4-3-5-10-19/h3-7,9-12,17,23,30H,8,13-16,18,29H2,1-2H3,(H,31,34)(H,35,36)/t23-,28?/m0/s1/i/hD. The van der Waals surface area contributed by atoms with Crippen LogP contribution in [0.2, 0.25) is 1.41 Å². The van der Waals surface area contributed by atoms with Gasteiger partial charge in [-0.1, -0.05) is 48.5 Å². The number of likely N-dealkylation sites (tertiary alicyclic amines) is 1. The Morgan fingerprint density at radius 1 is 1.19 bits per heavy atom. The lowest BCUT2D eigenvalue weighted by Crippen LogP contribution is -2.59. The number of hydrogen-bond donors (Lipinski definition) is 4. The number of benzene rings is 2. The molecule has 2 aromatic carbocycles. The maximum atomic E-state index is 13.9. The highest BCUT2D eigenvalue weighted by molar-refractivity contribution is 5.93. The Morgan fingerprint density at radius 3 is 2.64 bits per heavy atom. The lowest BCUT2D eigenvalue weighted by molar-refractivity contribution is -0.155. The van der Waals surface area contributed by atoms with Crippen molar-refractivity contribution < 1.29 is 20.9 Å².